The van der Waals surface area contributed by atoms with Crippen molar-refractivity contribution in [2.24, 2.45) is 0 Å². The summed E-state index contributed by atoms with van der Waals surface area (Å²) in [6, 6.07) is 11.9. The van der Waals surface area contributed by atoms with Gasteiger partial charge < -0.3 is 9.47 Å². The number of carbonyl (C=O) groups is 1. The van der Waals surface area contributed by atoms with Gasteiger partial charge in [-0.05, 0) is 51.7 Å². The van der Waals surface area contributed by atoms with Crippen LogP contribution in [0.25, 0.3) is 0 Å². The van der Waals surface area contributed by atoms with Gasteiger partial charge in [0.15, 0.2) is 0 Å². The molecule has 0 aliphatic rings. The molecule has 0 amide bonds. The summed E-state index contributed by atoms with van der Waals surface area (Å²) in [5, 5.41) is 0. The van der Waals surface area contributed by atoms with E-state index >= 15 is 0 Å². The Kier molecular flexibility index (Phi) is 5.95. The van der Waals surface area contributed by atoms with Crippen molar-refractivity contribution in [2.75, 3.05) is 7.11 Å². The molecule has 0 fully saturated rings. The molecule has 0 aliphatic carbocycles. The van der Waals surface area contributed by atoms with Gasteiger partial charge in [-0.15, -0.1) is 0 Å². The second kappa shape index (κ2) is 7.94. The van der Waals surface area contributed by atoms with Crippen LogP contribution in [0.2, 0.25) is 0 Å². The van der Waals surface area contributed by atoms with E-state index in [4.69, 9.17) is 9.47 Å². The lowest BCUT2D eigenvalue weighted by molar-refractivity contribution is -0.144. The molecule has 0 unspecified atom stereocenters. The van der Waals surface area contributed by atoms with Gasteiger partial charge in [-0.2, -0.15) is 0 Å². The molecular formula is C17H16BrFO3. The number of ether oxygens (including phenoxy) is 2. The molecule has 0 saturated carbocycles. The Hall–Kier alpha value is -1.88. The van der Waals surface area contributed by atoms with Crippen molar-refractivity contribution in [3.63, 3.8) is 0 Å². The molecule has 116 valence electrons. The zero-order valence-corrected chi connectivity index (χ0v) is 13.7. The molecule has 0 atom stereocenters. The van der Waals surface area contributed by atoms with E-state index in [-0.39, 0.29) is 24.8 Å². The molecule has 3 nitrogen and oxygen atoms in total. The molecular weight excluding hydrogens is 351 g/mol. The summed E-state index contributed by atoms with van der Waals surface area (Å²) in [6.45, 7) is 0.179. The maximum Gasteiger partial charge on any atom is 0.306 e. The van der Waals surface area contributed by atoms with Crippen molar-refractivity contribution >= 4 is 21.9 Å². The van der Waals surface area contributed by atoms with E-state index in [0.29, 0.717) is 12.0 Å². The molecule has 0 bridgehead atoms. The predicted octanol–water partition coefficient (Wildman–Crippen LogP) is 4.27. The normalized spacial score (nSPS) is 10.3. The number of esters is 1. The van der Waals surface area contributed by atoms with Gasteiger partial charge in [-0.25, -0.2) is 4.39 Å². The minimum absolute atomic E-state index is 0.151. The SMILES string of the molecule is COc1ccc(COC(=O)CCc2ccccc2F)cc1Br. The maximum absolute atomic E-state index is 13.4. The third kappa shape index (κ3) is 4.56. The van der Waals surface area contributed by atoms with Crippen molar-refractivity contribution in [3.8, 4) is 5.75 Å². The summed E-state index contributed by atoms with van der Waals surface area (Å²) in [6.07, 6.45) is 0.482. The third-order valence-corrected chi connectivity index (χ3v) is 3.79. The molecule has 5 heteroatoms. The summed E-state index contributed by atoms with van der Waals surface area (Å²) >= 11 is 3.38. The van der Waals surface area contributed by atoms with Crippen LogP contribution in [-0.2, 0) is 22.6 Å². The smallest absolute Gasteiger partial charge is 0.306 e. The Balaban J connectivity index is 1.83. The van der Waals surface area contributed by atoms with Crippen molar-refractivity contribution in [1.29, 1.82) is 0 Å². The molecule has 0 aliphatic heterocycles. The molecule has 22 heavy (non-hydrogen) atoms. The van der Waals surface area contributed by atoms with Crippen LogP contribution >= 0.6 is 15.9 Å². The summed E-state index contributed by atoms with van der Waals surface area (Å²) in [7, 11) is 1.59. The maximum atomic E-state index is 13.4. The minimum atomic E-state index is -0.352. The van der Waals surface area contributed by atoms with Crippen LogP contribution in [0.4, 0.5) is 4.39 Å². The average molecular weight is 367 g/mol. The van der Waals surface area contributed by atoms with Crippen LogP contribution in [-0.4, -0.2) is 13.1 Å². The van der Waals surface area contributed by atoms with Gasteiger partial charge in [0.2, 0.25) is 0 Å². The first kappa shape index (κ1) is 16.5. The van der Waals surface area contributed by atoms with E-state index < -0.39 is 0 Å². The quantitative estimate of drug-likeness (QED) is 0.716. The first-order valence-corrected chi connectivity index (χ1v) is 7.61. The van der Waals surface area contributed by atoms with E-state index in [1.54, 1.807) is 31.4 Å². The molecule has 0 N–H and O–H groups in total. The fourth-order valence-electron chi connectivity index (χ4n) is 1.97. The third-order valence-electron chi connectivity index (χ3n) is 3.17. The summed E-state index contributed by atoms with van der Waals surface area (Å²) < 4.78 is 24.6. The van der Waals surface area contributed by atoms with E-state index in [9.17, 15) is 9.18 Å². The lowest BCUT2D eigenvalue weighted by Crippen LogP contribution is -2.06. The number of hydrogen-bond acceptors (Lipinski definition) is 3. The highest BCUT2D eigenvalue weighted by Gasteiger charge is 2.08. The topological polar surface area (TPSA) is 35.5 Å². The predicted molar refractivity (Wildman–Crippen MR) is 85.2 cm³/mol. The fourth-order valence-corrected chi connectivity index (χ4v) is 2.56. The number of aryl methyl sites for hydroxylation is 1. The molecule has 0 saturated heterocycles. The molecule has 2 aromatic carbocycles. The molecule has 0 spiro atoms. The number of rotatable bonds is 6. The fraction of sp³-hybridized carbons (Fsp3) is 0.235. The van der Waals surface area contributed by atoms with Crippen LogP contribution in [0.1, 0.15) is 17.5 Å². The Morgan fingerprint density at radius 1 is 1.23 bits per heavy atom. The Labute approximate surface area is 137 Å². The van der Waals surface area contributed by atoms with Gasteiger partial charge in [0, 0.05) is 6.42 Å². The van der Waals surface area contributed by atoms with E-state index in [1.165, 1.54) is 6.07 Å². The lowest BCUT2D eigenvalue weighted by Gasteiger charge is -2.08. The van der Waals surface area contributed by atoms with Gasteiger partial charge in [0.25, 0.3) is 0 Å². The highest BCUT2D eigenvalue weighted by atomic mass is 79.9. The second-order valence-corrected chi connectivity index (χ2v) is 5.58. The Morgan fingerprint density at radius 2 is 2.00 bits per heavy atom. The summed E-state index contributed by atoms with van der Waals surface area (Å²) in [4.78, 5) is 11.7. The highest BCUT2D eigenvalue weighted by Crippen LogP contribution is 2.25. The monoisotopic (exact) mass is 366 g/mol. The number of halogens is 2. The van der Waals surface area contributed by atoms with Crippen LogP contribution in [0, 0.1) is 5.82 Å². The Bertz CT molecular complexity index is 658. The largest absolute Gasteiger partial charge is 0.496 e. The van der Waals surface area contributed by atoms with Crippen molar-refractivity contribution in [3.05, 3.63) is 63.9 Å². The molecule has 0 aromatic heterocycles. The molecule has 0 heterocycles. The van der Waals surface area contributed by atoms with Gasteiger partial charge in [-0.3, -0.25) is 4.79 Å². The van der Waals surface area contributed by atoms with Crippen LogP contribution < -0.4 is 4.74 Å². The van der Waals surface area contributed by atoms with Gasteiger partial charge in [0.05, 0.1) is 11.6 Å². The summed E-state index contributed by atoms with van der Waals surface area (Å²) in [5.41, 5.74) is 1.37. The first-order chi connectivity index (χ1) is 10.6. The van der Waals surface area contributed by atoms with Gasteiger partial charge in [0.1, 0.15) is 18.2 Å². The molecule has 2 rings (SSSR count). The first-order valence-electron chi connectivity index (χ1n) is 6.81. The van der Waals surface area contributed by atoms with Gasteiger partial charge in [-0.1, -0.05) is 24.3 Å². The van der Waals surface area contributed by atoms with Crippen LogP contribution in [0.5, 0.6) is 5.75 Å². The lowest BCUT2D eigenvalue weighted by atomic mass is 10.1. The van der Waals surface area contributed by atoms with E-state index in [1.807, 2.05) is 12.1 Å². The number of benzene rings is 2. The molecule has 2 aromatic rings. The van der Waals surface area contributed by atoms with E-state index in [2.05, 4.69) is 15.9 Å². The second-order valence-electron chi connectivity index (χ2n) is 4.72. The van der Waals surface area contributed by atoms with Crippen LogP contribution in [0.15, 0.2) is 46.9 Å². The zero-order chi connectivity index (χ0) is 15.9. The van der Waals surface area contributed by atoms with Crippen molar-refractivity contribution in [1.82, 2.24) is 0 Å². The van der Waals surface area contributed by atoms with E-state index in [0.717, 1.165) is 15.8 Å². The van der Waals surface area contributed by atoms with Crippen molar-refractivity contribution in [2.45, 2.75) is 19.4 Å². The summed E-state index contributed by atoms with van der Waals surface area (Å²) in [5.74, 6) is 0.0687. The number of hydrogen-bond donors (Lipinski definition) is 0. The highest BCUT2D eigenvalue weighted by molar-refractivity contribution is 9.10. The average Bonchev–Trinajstić information content (AvgIpc) is 2.52. The Morgan fingerprint density at radius 3 is 2.68 bits per heavy atom. The standard InChI is InChI=1S/C17H16BrFO3/c1-21-16-8-6-12(10-14(16)18)11-22-17(20)9-7-13-4-2-3-5-15(13)19/h2-6,8,10H,7,9,11H2,1H3. The van der Waals surface area contributed by atoms with Crippen LogP contribution in [0.3, 0.4) is 0 Å². The van der Waals surface area contributed by atoms with Gasteiger partial charge >= 0.3 is 5.97 Å². The number of carbonyl (C=O) groups excluding carboxylic acids is 1. The van der Waals surface area contributed by atoms with Crippen molar-refractivity contribution < 1.29 is 18.7 Å². The minimum Gasteiger partial charge on any atom is -0.496 e. The zero-order valence-electron chi connectivity index (χ0n) is 12.1. The number of methoxy groups -OCH3 is 1. The molecule has 0 radical (unpaired) electrons.